The summed E-state index contributed by atoms with van der Waals surface area (Å²) in [7, 11) is 0. The van der Waals surface area contributed by atoms with Crippen molar-refractivity contribution in [2.75, 3.05) is 0 Å². The number of rotatable bonds is 0. The van der Waals surface area contributed by atoms with E-state index in [9.17, 15) is 4.79 Å². The number of benzene rings is 1. The van der Waals surface area contributed by atoms with Gasteiger partial charge < -0.3 is 9.40 Å². The smallest absolute Gasteiger partial charge is 0.292 e. The van der Waals surface area contributed by atoms with Gasteiger partial charge in [0, 0.05) is 15.8 Å². The zero-order chi connectivity index (χ0) is 10.4. The Kier molecular flexibility index (Phi) is 1.64. The summed E-state index contributed by atoms with van der Waals surface area (Å²) in [5.41, 5.74) is 0.844. The summed E-state index contributed by atoms with van der Waals surface area (Å²) in [6.07, 6.45) is 1.51. The van der Waals surface area contributed by atoms with E-state index in [-0.39, 0.29) is 5.56 Å². The van der Waals surface area contributed by atoms with Gasteiger partial charge in [0.25, 0.3) is 5.56 Å². The molecule has 0 amide bonds. The fraction of sp³-hybridized carbons (Fsp3) is 0. The number of hydrogen-bond acceptors (Lipinski definition) is 2. The second kappa shape index (κ2) is 2.87. The molecule has 0 bridgehead atoms. The molecule has 0 unspecified atom stereocenters. The quantitative estimate of drug-likeness (QED) is 0.632. The highest BCUT2D eigenvalue weighted by molar-refractivity contribution is 6.31. The van der Waals surface area contributed by atoms with E-state index in [1.54, 1.807) is 18.2 Å². The Balaban J connectivity index is 2.66. The van der Waals surface area contributed by atoms with Gasteiger partial charge in [0.05, 0.1) is 11.8 Å². The number of halogens is 1. The summed E-state index contributed by atoms with van der Waals surface area (Å²) in [6, 6.07) is 7.16. The lowest BCUT2D eigenvalue weighted by atomic mass is 10.1. The molecule has 2 aromatic heterocycles. The second-order valence-electron chi connectivity index (χ2n) is 3.31. The third-order valence-corrected chi connectivity index (χ3v) is 2.63. The van der Waals surface area contributed by atoms with E-state index in [4.69, 9.17) is 16.0 Å². The van der Waals surface area contributed by atoms with Crippen LogP contribution >= 0.6 is 11.6 Å². The largest absolute Gasteiger partial charge is 0.459 e. The van der Waals surface area contributed by atoms with E-state index in [0.29, 0.717) is 10.6 Å². The molecular weight excluding hydrogens is 214 g/mol. The number of aromatic nitrogens is 1. The first kappa shape index (κ1) is 8.56. The lowest BCUT2D eigenvalue weighted by Crippen LogP contribution is -2.04. The van der Waals surface area contributed by atoms with Crippen LogP contribution in [0.15, 0.2) is 39.7 Å². The Hall–Kier alpha value is -1.74. The van der Waals surface area contributed by atoms with Gasteiger partial charge in [-0.1, -0.05) is 17.7 Å². The molecule has 0 atom stereocenters. The zero-order valence-electron chi connectivity index (χ0n) is 7.58. The first-order valence-corrected chi connectivity index (χ1v) is 4.82. The van der Waals surface area contributed by atoms with E-state index < -0.39 is 0 Å². The first-order valence-electron chi connectivity index (χ1n) is 4.44. The van der Waals surface area contributed by atoms with Crippen molar-refractivity contribution in [2.45, 2.75) is 0 Å². The van der Waals surface area contributed by atoms with Crippen molar-refractivity contribution in [2.24, 2.45) is 0 Å². The molecule has 0 saturated heterocycles. The molecule has 0 aliphatic carbocycles. The van der Waals surface area contributed by atoms with Gasteiger partial charge in [0.2, 0.25) is 0 Å². The van der Waals surface area contributed by atoms with Crippen molar-refractivity contribution in [3.8, 4) is 0 Å². The van der Waals surface area contributed by atoms with E-state index in [0.717, 1.165) is 16.3 Å². The summed E-state index contributed by atoms with van der Waals surface area (Å²) >= 11 is 5.85. The van der Waals surface area contributed by atoms with Crippen molar-refractivity contribution < 1.29 is 4.42 Å². The van der Waals surface area contributed by atoms with Gasteiger partial charge in [-0.05, 0) is 18.2 Å². The van der Waals surface area contributed by atoms with E-state index in [2.05, 4.69) is 4.98 Å². The molecule has 2 heterocycles. The zero-order valence-corrected chi connectivity index (χ0v) is 8.34. The van der Waals surface area contributed by atoms with Crippen LogP contribution in [-0.4, -0.2) is 4.98 Å². The molecule has 1 N–H and O–H groups in total. The number of aromatic amines is 1. The number of hydrogen-bond donors (Lipinski definition) is 1. The monoisotopic (exact) mass is 219 g/mol. The molecule has 0 spiro atoms. The van der Waals surface area contributed by atoms with Gasteiger partial charge in [-0.2, -0.15) is 0 Å². The average Bonchev–Trinajstić information content (AvgIpc) is 2.66. The fourth-order valence-corrected chi connectivity index (χ4v) is 1.90. The molecule has 74 valence electrons. The number of pyridine rings is 1. The molecule has 0 aliphatic rings. The average molecular weight is 220 g/mol. The third-order valence-electron chi connectivity index (χ3n) is 2.39. The summed E-state index contributed by atoms with van der Waals surface area (Å²) in [5, 5.41) is 2.34. The van der Waals surface area contributed by atoms with E-state index >= 15 is 0 Å². The van der Waals surface area contributed by atoms with Gasteiger partial charge in [0.1, 0.15) is 0 Å². The van der Waals surface area contributed by atoms with Gasteiger partial charge in [-0.25, -0.2) is 0 Å². The van der Waals surface area contributed by atoms with Crippen molar-refractivity contribution in [1.82, 2.24) is 4.98 Å². The highest BCUT2D eigenvalue weighted by Gasteiger charge is 2.07. The van der Waals surface area contributed by atoms with Gasteiger partial charge >= 0.3 is 0 Å². The van der Waals surface area contributed by atoms with Crippen LogP contribution in [0.5, 0.6) is 0 Å². The number of H-pyrrole nitrogens is 1. The molecule has 0 saturated carbocycles. The normalized spacial score (nSPS) is 11.3. The number of furan rings is 1. The molecule has 1 aromatic carbocycles. The van der Waals surface area contributed by atoms with Gasteiger partial charge in [-0.15, -0.1) is 0 Å². The minimum atomic E-state index is -0.232. The molecular formula is C11H6ClNO2. The summed E-state index contributed by atoms with van der Waals surface area (Å²) in [4.78, 5) is 14.3. The van der Waals surface area contributed by atoms with Gasteiger partial charge in [-0.3, -0.25) is 4.79 Å². The summed E-state index contributed by atoms with van der Waals surface area (Å²) in [6.45, 7) is 0. The molecule has 0 radical (unpaired) electrons. The maximum absolute atomic E-state index is 11.6. The summed E-state index contributed by atoms with van der Waals surface area (Å²) in [5.74, 6) is 0. The molecule has 4 heteroatoms. The highest BCUT2D eigenvalue weighted by Crippen LogP contribution is 2.24. The minimum absolute atomic E-state index is 0.232. The molecule has 3 rings (SSSR count). The predicted molar refractivity (Wildman–Crippen MR) is 59.4 cm³/mol. The third kappa shape index (κ3) is 1.17. The lowest BCUT2D eigenvalue weighted by molar-refractivity contribution is 0.611. The van der Waals surface area contributed by atoms with Crippen LogP contribution in [-0.2, 0) is 0 Å². The van der Waals surface area contributed by atoms with Crippen LogP contribution in [0.1, 0.15) is 0 Å². The van der Waals surface area contributed by atoms with Crippen LogP contribution in [0.3, 0.4) is 0 Å². The van der Waals surface area contributed by atoms with E-state index in [1.165, 1.54) is 6.26 Å². The van der Waals surface area contributed by atoms with Crippen LogP contribution in [0.4, 0.5) is 0 Å². The molecule has 0 aliphatic heterocycles. The van der Waals surface area contributed by atoms with Crippen LogP contribution in [0, 0.1) is 0 Å². The Morgan fingerprint density at radius 1 is 1.20 bits per heavy atom. The Morgan fingerprint density at radius 3 is 2.93 bits per heavy atom. The minimum Gasteiger partial charge on any atom is -0.459 e. The summed E-state index contributed by atoms with van der Waals surface area (Å²) < 4.78 is 5.11. The first-order chi connectivity index (χ1) is 7.25. The van der Waals surface area contributed by atoms with Crippen LogP contribution < -0.4 is 5.56 Å². The molecule has 3 nitrogen and oxygen atoms in total. The van der Waals surface area contributed by atoms with Crippen molar-refractivity contribution in [3.63, 3.8) is 0 Å². The molecule has 0 fully saturated rings. The van der Waals surface area contributed by atoms with Crippen molar-refractivity contribution in [3.05, 3.63) is 45.9 Å². The highest BCUT2D eigenvalue weighted by atomic mass is 35.5. The molecule has 3 aromatic rings. The SMILES string of the molecule is O=c1[nH]c2cc(Cl)ccc2c2ccoc12. The van der Waals surface area contributed by atoms with Crippen molar-refractivity contribution >= 4 is 33.5 Å². The topological polar surface area (TPSA) is 46.0 Å². The molecule has 15 heavy (non-hydrogen) atoms. The van der Waals surface area contributed by atoms with Gasteiger partial charge in [0.15, 0.2) is 5.58 Å². The lowest BCUT2D eigenvalue weighted by Gasteiger charge is -1.98. The second-order valence-corrected chi connectivity index (χ2v) is 3.74. The predicted octanol–water partition coefficient (Wildman–Crippen LogP) is 2.93. The Morgan fingerprint density at radius 2 is 2.07 bits per heavy atom. The number of nitrogens with one attached hydrogen (secondary N) is 1. The van der Waals surface area contributed by atoms with Crippen LogP contribution in [0.25, 0.3) is 21.9 Å². The van der Waals surface area contributed by atoms with Crippen molar-refractivity contribution in [1.29, 1.82) is 0 Å². The Bertz CT molecular complexity index is 711. The number of fused-ring (bicyclic) bond motifs is 3. The standard InChI is InChI=1S/C11H6ClNO2/c12-6-1-2-7-8-3-4-15-10(8)11(14)13-9(7)5-6/h1-5H,(H,13,14). The fourth-order valence-electron chi connectivity index (χ4n) is 1.73. The van der Waals surface area contributed by atoms with Crippen LogP contribution in [0.2, 0.25) is 5.02 Å². The van der Waals surface area contributed by atoms with E-state index in [1.807, 2.05) is 6.07 Å². The Labute approximate surface area is 89.3 Å². The maximum atomic E-state index is 11.6. The maximum Gasteiger partial charge on any atom is 0.292 e.